The second kappa shape index (κ2) is 34.9. The molecule has 0 rings (SSSR count). The molecule has 0 aliphatic heterocycles. The Bertz CT molecular complexity index is 654. The van der Waals surface area contributed by atoms with Crippen LogP contribution in [0.5, 0.6) is 0 Å². The minimum Gasteiger partial charge on any atom is -0.481 e. The van der Waals surface area contributed by atoms with E-state index in [0.717, 1.165) is 77.0 Å². The van der Waals surface area contributed by atoms with E-state index in [-0.39, 0.29) is 18.5 Å². The average Bonchev–Trinajstić information content (AvgIpc) is 2.99. The first-order valence-electron chi connectivity index (χ1n) is 18.8. The molecular weight excluding hydrogens is 532 g/mol. The lowest BCUT2D eigenvalue weighted by atomic mass is 10.0. The third-order valence-corrected chi connectivity index (χ3v) is 8.43. The SMILES string of the molecule is CCCCC/C=C\C/C=C\CCCCCCCC(=O)OC(CCCCCCCCCCCC)CCCCCCCC(=O)O. The van der Waals surface area contributed by atoms with Gasteiger partial charge in [0.05, 0.1) is 0 Å². The van der Waals surface area contributed by atoms with Crippen LogP contribution in [0.1, 0.15) is 206 Å². The molecule has 0 saturated heterocycles. The number of rotatable bonds is 34. The maximum atomic E-state index is 12.6. The van der Waals surface area contributed by atoms with E-state index in [0.29, 0.717) is 6.42 Å². The largest absolute Gasteiger partial charge is 0.481 e. The quantitative estimate of drug-likeness (QED) is 0.0451. The highest BCUT2D eigenvalue weighted by Gasteiger charge is 2.14. The van der Waals surface area contributed by atoms with Crippen LogP contribution in [0.4, 0.5) is 0 Å². The molecule has 1 unspecified atom stereocenters. The van der Waals surface area contributed by atoms with Gasteiger partial charge in [0.15, 0.2) is 0 Å². The van der Waals surface area contributed by atoms with Crippen LogP contribution >= 0.6 is 0 Å². The van der Waals surface area contributed by atoms with Crippen LogP contribution < -0.4 is 0 Å². The van der Waals surface area contributed by atoms with Gasteiger partial charge in [0.2, 0.25) is 0 Å². The Morgan fingerprint density at radius 1 is 0.512 bits per heavy atom. The lowest BCUT2D eigenvalue weighted by Gasteiger charge is -2.18. The van der Waals surface area contributed by atoms with Gasteiger partial charge in [-0.25, -0.2) is 0 Å². The predicted molar refractivity (Wildman–Crippen MR) is 186 cm³/mol. The highest BCUT2D eigenvalue weighted by molar-refractivity contribution is 5.69. The molecule has 1 N–H and O–H groups in total. The number of hydrogen-bond acceptors (Lipinski definition) is 3. The normalized spacial score (nSPS) is 12.4. The summed E-state index contributed by atoms with van der Waals surface area (Å²) in [4.78, 5) is 23.3. The number of hydrogen-bond donors (Lipinski definition) is 1. The topological polar surface area (TPSA) is 63.6 Å². The number of carbonyl (C=O) groups is 2. The van der Waals surface area contributed by atoms with Gasteiger partial charge in [-0.15, -0.1) is 0 Å². The molecular formula is C39H72O4. The summed E-state index contributed by atoms with van der Waals surface area (Å²) in [6.45, 7) is 4.52. The minimum absolute atomic E-state index is 0.00998. The highest BCUT2D eigenvalue weighted by Crippen LogP contribution is 2.19. The number of carbonyl (C=O) groups excluding carboxylic acids is 1. The molecule has 4 nitrogen and oxygen atoms in total. The molecule has 0 aliphatic carbocycles. The lowest BCUT2D eigenvalue weighted by Crippen LogP contribution is -2.18. The van der Waals surface area contributed by atoms with Gasteiger partial charge in [-0.3, -0.25) is 9.59 Å². The molecule has 0 saturated carbocycles. The first-order valence-corrected chi connectivity index (χ1v) is 18.8. The van der Waals surface area contributed by atoms with Crippen molar-refractivity contribution < 1.29 is 19.4 Å². The fraction of sp³-hybridized carbons (Fsp3) is 0.846. The monoisotopic (exact) mass is 605 g/mol. The van der Waals surface area contributed by atoms with Crippen molar-refractivity contribution in [1.29, 1.82) is 0 Å². The van der Waals surface area contributed by atoms with Crippen molar-refractivity contribution in [3.05, 3.63) is 24.3 Å². The van der Waals surface area contributed by atoms with Crippen molar-refractivity contribution in [3.63, 3.8) is 0 Å². The molecule has 43 heavy (non-hydrogen) atoms. The Labute approximate surface area is 267 Å². The lowest BCUT2D eigenvalue weighted by molar-refractivity contribution is -0.150. The number of esters is 1. The molecule has 0 aromatic heterocycles. The van der Waals surface area contributed by atoms with Gasteiger partial charge < -0.3 is 9.84 Å². The third-order valence-electron chi connectivity index (χ3n) is 8.43. The fourth-order valence-electron chi connectivity index (χ4n) is 5.63. The van der Waals surface area contributed by atoms with E-state index in [2.05, 4.69) is 38.2 Å². The van der Waals surface area contributed by atoms with Crippen LogP contribution in [0.25, 0.3) is 0 Å². The van der Waals surface area contributed by atoms with E-state index in [1.807, 2.05) is 0 Å². The molecule has 0 radical (unpaired) electrons. The third kappa shape index (κ3) is 34.8. The molecule has 0 aromatic rings. The second-order valence-electron chi connectivity index (χ2n) is 12.8. The predicted octanol–water partition coefficient (Wildman–Crippen LogP) is 12.8. The Kier molecular flexibility index (Phi) is 33.6. The smallest absolute Gasteiger partial charge is 0.306 e. The maximum absolute atomic E-state index is 12.6. The summed E-state index contributed by atoms with van der Waals surface area (Å²) < 4.78 is 5.98. The Balaban J connectivity index is 4.04. The van der Waals surface area contributed by atoms with Crippen molar-refractivity contribution in [2.45, 2.75) is 213 Å². The van der Waals surface area contributed by atoms with Crippen molar-refractivity contribution >= 4 is 11.9 Å². The molecule has 252 valence electrons. The van der Waals surface area contributed by atoms with E-state index in [1.54, 1.807) is 0 Å². The standard InChI is InChI=1S/C39H72O4/c1-3-5-7-9-11-13-15-16-17-18-19-21-23-28-32-36-39(42)43-37(34-30-26-24-27-31-35-38(40)41)33-29-25-22-20-14-12-10-8-6-4-2/h11,13,16-17,37H,3-10,12,14-15,18-36H2,1-2H3,(H,40,41)/b13-11-,17-16-. The average molecular weight is 605 g/mol. The zero-order valence-corrected chi connectivity index (χ0v) is 28.8. The number of unbranched alkanes of at least 4 members (excludes halogenated alkanes) is 21. The van der Waals surface area contributed by atoms with E-state index >= 15 is 0 Å². The summed E-state index contributed by atoms with van der Waals surface area (Å²) in [5.74, 6) is -0.711. The molecule has 1 atom stereocenters. The maximum Gasteiger partial charge on any atom is 0.306 e. The molecule has 0 amide bonds. The molecule has 0 fully saturated rings. The van der Waals surface area contributed by atoms with Crippen molar-refractivity contribution in [3.8, 4) is 0 Å². The summed E-state index contributed by atoms with van der Waals surface area (Å²) >= 11 is 0. The van der Waals surface area contributed by atoms with Gasteiger partial charge >= 0.3 is 11.9 Å². The molecule has 0 spiro atoms. The van der Waals surface area contributed by atoms with Crippen molar-refractivity contribution in [2.75, 3.05) is 0 Å². The van der Waals surface area contributed by atoms with Crippen LogP contribution in [0.15, 0.2) is 24.3 Å². The van der Waals surface area contributed by atoms with E-state index < -0.39 is 5.97 Å². The number of allylic oxidation sites excluding steroid dienone is 4. The second-order valence-corrected chi connectivity index (χ2v) is 12.8. The van der Waals surface area contributed by atoms with Crippen molar-refractivity contribution in [1.82, 2.24) is 0 Å². The van der Waals surface area contributed by atoms with E-state index in [9.17, 15) is 9.59 Å². The van der Waals surface area contributed by atoms with Gasteiger partial charge in [0.1, 0.15) is 6.10 Å². The first-order chi connectivity index (χ1) is 21.1. The fourth-order valence-corrected chi connectivity index (χ4v) is 5.63. The van der Waals surface area contributed by atoms with Gasteiger partial charge in [-0.05, 0) is 70.6 Å². The number of carboxylic acids is 1. The Morgan fingerprint density at radius 2 is 0.907 bits per heavy atom. The van der Waals surface area contributed by atoms with Gasteiger partial charge in [-0.1, -0.05) is 147 Å². The molecule has 0 aromatic carbocycles. The Morgan fingerprint density at radius 3 is 1.42 bits per heavy atom. The van der Waals surface area contributed by atoms with E-state index in [4.69, 9.17) is 9.84 Å². The van der Waals surface area contributed by atoms with Crippen LogP contribution in [-0.2, 0) is 14.3 Å². The van der Waals surface area contributed by atoms with Crippen molar-refractivity contribution in [2.24, 2.45) is 0 Å². The van der Waals surface area contributed by atoms with Crippen LogP contribution in [0.2, 0.25) is 0 Å². The molecule has 0 heterocycles. The summed E-state index contributed by atoms with van der Waals surface area (Å²) in [6.07, 6.45) is 43.3. The summed E-state index contributed by atoms with van der Waals surface area (Å²) in [7, 11) is 0. The molecule has 0 bridgehead atoms. The highest BCUT2D eigenvalue weighted by atomic mass is 16.5. The summed E-state index contributed by atoms with van der Waals surface area (Å²) in [5.41, 5.74) is 0. The Hall–Kier alpha value is -1.58. The van der Waals surface area contributed by atoms with Crippen LogP contribution in [0.3, 0.4) is 0 Å². The molecule has 0 aliphatic rings. The summed E-state index contributed by atoms with van der Waals surface area (Å²) in [6, 6.07) is 0. The number of aliphatic carboxylic acids is 1. The van der Waals surface area contributed by atoms with Crippen LogP contribution in [0, 0.1) is 0 Å². The van der Waals surface area contributed by atoms with Gasteiger partial charge in [0, 0.05) is 12.8 Å². The van der Waals surface area contributed by atoms with Gasteiger partial charge in [-0.2, -0.15) is 0 Å². The van der Waals surface area contributed by atoms with E-state index in [1.165, 1.54) is 103 Å². The molecule has 4 heteroatoms. The number of carboxylic acid groups (broad SMARTS) is 1. The minimum atomic E-state index is -0.701. The van der Waals surface area contributed by atoms with Crippen LogP contribution in [-0.4, -0.2) is 23.1 Å². The first kappa shape index (κ1) is 41.4. The number of ether oxygens (including phenoxy) is 1. The van der Waals surface area contributed by atoms with Gasteiger partial charge in [0.25, 0.3) is 0 Å². The zero-order chi connectivity index (χ0) is 31.5. The zero-order valence-electron chi connectivity index (χ0n) is 28.8. The summed E-state index contributed by atoms with van der Waals surface area (Å²) in [5, 5.41) is 8.80.